The van der Waals surface area contributed by atoms with Gasteiger partial charge in [0, 0.05) is 11.0 Å². The van der Waals surface area contributed by atoms with Crippen molar-refractivity contribution in [1.29, 1.82) is 0 Å². The molecule has 1 heterocycles. The van der Waals surface area contributed by atoms with Crippen molar-refractivity contribution in [2.24, 2.45) is 22.7 Å². The maximum Gasteiger partial charge on any atom is 0.333 e. The number of fused-ring (bicyclic) bond motifs is 1. The molecule has 0 amide bonds. The quantitative estimate of drug-likeness (QED) is 0.167. The molecule has 3 aliphatic rings. The third-order valence-electron chi connectivity index (χ3n) is 10.8. The Morgan fingerprint density at radius 1 is 1.07 bits per heavy atom. The molecule has 1 saturated heterocycles. The number of esters is 1. The van der Waals surface area contributed by atoms with Gasteiger partial charge in [0.1, 0.15) is 36.8 Å². The summed E-state index contributed by atoms with van der Waals surface area (Å²) in [4.78, 5) is 13.2. The Bertz CT molecular complexity index is 1250. The van der Waals surface area contributed by atoms with Gasteiger partial charge >= 0.3 is 5.97 Å². The van der Waals surface area contributed by atoms with Crippen molar-refractivity contribution < 1.29 is 39.1 Å². The van der Waals surface area contributed by atoms with Crippen molar-refractivity contribution in [3.8, 4) is 5.75 Å². The number of carbonyl (C=O) groups is 1. The zero-order valence-corrected chi connectivity index (χ0v) is 28.2. The molecule has 0 bridgehead atoms. The van der Waals surface area contributed by atoms with Gasteiger partial charge in [-0.3, -0.25) is 0 Å². The molecule has 10 atom stereocenters. The number of carbonyl (C=O) groups excluding carboxylic acids is 1. The van der Waals surface area contributed by atoms with Gasteiger partial charge in [-0.1, -0.05) is 62.3 Å². The minimum absolute atomic E-state index is 0.191. The molecule has 10 unspecified atom stereocenters. The van der Waals surface area contributed by atoms with Crippen molar-refractivity contribution in [1.82, 2.24) is 0 Å². The van der Waals surface area contributed by atoms with Crippen LogP contribution in [0.5, 0.6) is 5.75 Å². The maximum atomic E-state index is 13.2. The van der Waals surface area contributed by atoms with Crippen LogP contribution < -0.4 is 4.74 Å². The zero-order chi connectivity index (χ0) is 33.1. The van der Waals surface area contributed by atoms with E-state index in [9.17, 15) is 20.1 Å². The van der Waals surface area contributed by atoms with Crippen LogP contribution in [0.4, 0.5) is 0 Å². The number of aliphatic hydroxyl groups excluding tert-OH is 3. The Labute approximate surface area is 269 Å². The summed E-state index contributed by atoms with van der Waals surface area (Å²) in [5, 5.41) is 31.7. The first-order chi connectivity index (χ1) is 21.2. The van der Waals surface area contributed by atoms with Crippen LogP contribution in [0.15, 0.2) is 65.3 Å². The zero-order valence-electron chi connectivity index (χ0n) is 28.2. The highest BCUT2D eigenvalue weighted by atomic mass is 16.7. The fourth-order valence-corrected chi connectivity index (χ4v) is 7.93. The molecule has 2 fully saturated rings. The van der Waals surface area contributed by atoms with Crippen LogP contribution in [0.1, 0.15) is 81.1 Å². The smallest absolute Gasteiger partial charge is 0.333 e. The first kappa shape index (κ1) is 35.4. The molecule has 0 radical (unpaired) electrons. The van der Waals surface area contributed by atoms with Crippen molar-refractivity contribution >= 4 is 5.97 Å². The lowest BCUT2D eigenvalue weighted by atomic mass is 9.46. The van der Waals surface area contributed by atoms with E-state index in [1.165, 1.54) is 11.1 Å². The standard InChI is InChI=1S/C37H54O8/c1-9-23(3)34(41)45-33-28(44-35-32(40)31(39)30(38)25(5)43-35)21-37(8)27(24(4)16-18-29(37)36(33,6)7)17-15-22(2)19-20-42-26-13-11-10-12-14-26/h9-14,16,19,25,27-33,35,38-40H,15,17-18,20-21H2,1-8H3. The van der Waals surface area contributed by atoms with Crippen molar-refractivity contribution in [2.75, 3.05) is 6.61 Å². The lowest BCUT2D eigenvalue weighted by Crippen LogP contribution is -2.64. The van der Waals surface area contributed by atoms with Crippen LogP contribution in [0.2, 0.25) is 0 Å². The second-order valence-corrected chi connectivity index (χ2v) is 14.2. The molecule has 250 valence electrons. The highest BCUT2D eigenvalue weighted by molar-refractivity contribution is 5.87. The molecule has 4 rings (SSSR count). The number of benzene rings is 1. The molecule has 2 aliphatic carbocycles. The van der Waals surface area contributed by atoms with Crippen LogP contribution in [0.3, 0.4) is 0 Å². The van der Waals surface area contributed by atoms with Gasteiger partial charge in [-0.25, -0.2) is 4.79 Å². The predicted molar refractivity (Wildman–Crippen MR) is 173 cm³/mol. The molecular formula is C37H54O8. The number of hydrogen-bond acceptors (Lipinski definition) is 8. The molecule has 8 nitrogen and oxygen atoms in total. The van der Waals surface area contributed by atoms with E-state index in [4.69, 9.17) is 18.9 Å². The summed E-state index contributed by atoms with van der Waals surface area (Å²) in [5.74, 6) is 0.884. The van der Waals surface area contributed by atoms with Gasteiger partial charge in [0.2, 0.25) is 0 Å². The first-order valence-corrected chi connectivity index (χ1v) is 16.4. The third-order valence-corrected chi connectivity index (χ3v) is 10.8. The Morgan fingerprint density at radius 3 is 2.42 bits per heavy atom. The summed E-state index contributed by atoms with van der Waals surface area (Å²) in [6, 6.07) is 9.80. The number of aliphatic hydroxyl groups is 3. The second-order valence-electron chi connectivity index (χ2n) is 14.2. The van der Waals surface area contributed by atoms with Gasteiger partial charge in [0.15, 0.2) is 6.29 Å². The van der Waals surface area contributed by atoms with Crippen molar-refractivity contribution in [3.63, 3.8) is 0 Å². The normalized spacial score (nSPS) is 37.0. The molecule has 1 aromatic rings. The molecule has 0 spiro atoms. The summed E-state index contributed by atoms with van der Waals surface area (Å²) in [5.41, 5.74) is 2.42. The summed E-state index contributed by atoms with van der Waals surface area (Å²) >= 11 is 0. The average molecular weight is 627 g/mol. The minimum Gasteiger partial charge on any atom is -0.490 e. The highest BCUT2D eigenvalue weighted by Crippen LogP contribution is 2.62. The largest absolute Gasteiger partial charge is 0.490 e. The molecule has 0 aromatic heterocycles. The number of rotatable bonds is 10. The number of allylic oxidation sites excluding steroid dienone is 4. The summed E-state index contributed by atoms with van der Waals surface area (Å²) in [7, 11) is 0. The van der Waals surface area contributed by atoms with Gasteiger partial charge < -0.3 is 34.3 Å². The van der Waals surface area contributed by atoms with Crippen LogP contribution in [0.25, 0.3) is 0 Å². The van der Waals surface area contributed by atoms with Gasteiger partial charge in [-0.05, 0) is 95.8 Å². The van der Waals surface area contributed by atoms with Crippen molar-refractivity contribution in [3.05, 3.63) is 65.3 Å². The molecule has 1 aliphatic heterocycles. The fraction of sp³-hybridized carbons (Fsp3) is 0.649. The van der Waals surface area contributed by atoms with Gasteiger partial charge in [0.25, 0.3) is 0 Å². The van der Waals surface area contributed by atoms with E-state index >= 15 is 0 Å². The molecule has 1 saturated carbocycles. The van der Waals surface area contributed by atoms with Gasteiger partial charge in [0.05, 0.1) is 12.2 Å². The predicted octanol–water partition coefficient (Wildman–Crippen LogP) is 5.90. The lowest BCUT2D eigenvalue weighted by molar-refractivity contribution is -0.325. The Kier molecular flexibility index (Phi) is 11.4. The summed E-state index contributed by atoms with van der Waals surface area (Å²) in [6.45, 7) is 16.7. The van der Waals surface area contributed by atoms with E-state index in [1.807, 2.05) is 30.3 Å². The van der Waals surface area contributed by atoms with Crippen LogP contribution >= 0.6 is 0 Å². The first-order valence-electron chi connectivity index (χ1n) is 16.4. The molecule has 8 heteroatoms. The monoisotopic (exact) mass is 626 g/mol. The van der Waals surface area contributed by atoms with Crippen LogP contribution in [-0.4, -0.2) is 70.8 Å². The minimum atomic E-state index is -1.45. The molecular weight excluding hydrogens is 572 g/mol. The number of para-hydroxylation sites is 1. The third kappa shape index (κ3) is 7.57. The SMILES string of the molecule is CC=C(C)C(=O)OC1C(OC2OC(C)C(O)C(O)C2O)CC2(C)C(CCC(C)=CCOc3ccccc3)C(C)=CCC2C1(C)C. The van der Waals surface area contributed by atoms with E-state index < -0.39 is 54.3 Å². The Morgan fingerprint density at radius 2 is 1.76 bits per heavy atom. The number of hydrogen-bond donors (Lipinski definition) is 3. The Hall–Kier alpha value is -2.49. The lowest BCUT2D eigenvalue weighted by Gasteiger charge is -2.61. The fourth-order valence-electron chi connectivity index (χ4n) is 7.93. The molecule has 1 aromatic carbocycles. The van der Waals surface area contributed by atoms with Crippen LogP contribution in [-0.2, 0) is 19.0 Å². The van der Waals surface area contributed by atoms with Crippen LogP contribution in [0, 0.1) is 22.7 Å². The van der Waals surface area contributed by atoms with E-state index in [-0.39, 0.29) is 17.3 Å². The summed E-state index contributed by atoms with van der Waals surface area (Å²) < 4.78 is 24.5. The van der Waals surface area contributed by atoms with E-state index in [0.717, 1.165) is 25.0 Å². The molecule has 3 N–H and O–H groups in total. The maximum absolute atomic E-state index is 13.2. The second kappa shape index (κ2) is 14.5. The van der Waals surface area contributed by atoms with Crippen molar-refractivity contribution in [2.45, 2.75) is 124 Å². The van der Waals surface area contributed by atoms with Gasteiger partial charge in [-0.2, -0.15) is 0 Å². The summed E-state index contributed by atoms with van der Waals surface area (Å²) in [6.07, 6.45) is 2.24. The Balaban J connectivity index is 1.60. The number of ether oxygens (including phenoxy) is 4. The topological polar surface area (TPSA) is 115 Å². The van der Waals surface area contributed by atoms with E-state index in [2.05, 4.69) is 46.8 Å². The van der Waals surface area contributed by atoms with E-state index in [1.54, 1.807) is 26.8 Å². The highest BCUT2D eigenvalue weighted by Gasteiger charge is 2.61. The average Bonchev–Trinajstić information content (AvgIpc) is 3.00. The molecule has 45 heavy (non-hydrogen) atoms. The van der Waals surface area contributed by atoms with E-state index in [0.29, 0.717) is 18.6 Å². The van der Waals surface area contributed by atoms with Gasteiger partial charge in [-0.15, -0.1) is 0 Å².